The van der Waals surface area contributed by atoms with Gasteiger partial charge in [-0.05, 0) is 73.3 Å². The Bertz CT molecular complexity index is 1600. The van der Waals surface area contributed by atoms with E-state index < -0.39 is 35.8 Å². The number of carbonyl (C=O) groups excluding carboxylic acids is 2. The molecule has 0 bridgehead atoms. The highest BCUT2D eigenvalue weighted by Gasteiger charge is 2.45. The molecule has 0 radical (unpaired) electrons. The lowest BCUT2D eigenvalue weighted by Crippen LogP contribution is -2.56. The molecule has 246 valence electrons. The molecule has 2 heterocycles. The number of amides is 2. The molecule has 5 rings (SSSR count). The summed E-state index contributed by atoms with van der Waals surface area (Å²) in [6.45, 7) is 1.70. The number of likely N-dealkylation sites (N-methyl/N-ethyl adjacent to an activating group) is 2. The molecule has 3 aromatic carbocycles. The van der Waals surface area contributed by atoms with Gasteiger partial charge in [0.25, 0.3) is 5.91 Å². The lowest BCUT2D eigenvalue weighted by molar-refractivity contribution is -0.161. The minimum atomic E-state index is -4.72. The molecular weight excluding hydrogens is 661 g/mol. The average Bonchev–Trinajstić information content (AvgIpc) is 3.37. The molecule has 1 atom stereocenters. The maximum atomic E-state index is 14.9. The van der Waals surface area contributed by atoms with Crippen LogP contribution in [0.5, 0.6) is 0 Å². The van der Waals surface area contributed by atoms with Crippen molar-refractivity contribution in [1.29, 1.82) is 0 Å². The summed E-state index contributed by atoms with van der Waals surface area (Å²) < 4.78 is 54.8. The smallest absolute Gasteiger partial charge is 0.343 e. The number of piperidine rings is 1. The standard InChI is InChI=1S/C34H35Cl2F4N3O2S/c1-41(30(44)20-34(38,39)40)22-32(24-11-12-27(35)28(36)19-24,42(2)31(45)25-8-4-6-10-29(25)37)13-16-43-17-14-33(15-18-43)26-9-5-3-7-23(26)21-46-33/h3-12,19H,13-18,20-22H2,1-2H3/t32-/m1/s1. The highest BCUT2D eigenvalue weighted by molar-refractivity contribution is 7.99. The number of nitrogens with zero attached hydrogens (tertiary/aromatic N) is 3. The van der Waals surface area contributed by atoms with Crippen molar-refractivity contribution >= 4 is 46.8 Å². The first-order valence-corrected chi connectivity index (χ1v) is 16.7. The maximum absolute atomic E-state index is 14.9. The third-order valence-corrected chi connectivity index (χ3v) is 11.7. The van der Waals surface area contributed by atoms with Crippen LogP contribution in [-0.2, 0) is 20.8 Å². The molecule has 46 heavy (non-hydrogen) atoms. The fourth-order valence-electron chi connectivity index (χ4n) is 6.64. The molecule has 5 nitrogen and oxygen atoms in total. The van der Waals surface area contributed by atoms with Gasteiger partial charge < -0.3 is 14.7 Å². The van der Waals surface area contributed by atoms with E-state index >= 15 is 0 Å². The Labute approximate surface area is 280 Å². The third kappa shape index (κ3) is 7.20. The number of rotatable bonds is 9. The molecule has 0 saturated carbocycles. The molecule has 1 spiro atoms. The molecule has 0 aromatic heterocycles. The molecule has 1 saturated heterocycles. The molecule has 0 unspecified atom stereocenters. The van der Waals surface area contributed by atoms with Crippen molar-refractivity contribution in [2.75, 3.05) is 40.3 Å². The van der Waals surface area contributed by atoms with Gasteiger partial charge in [0.15, 0.2) is 0 Å². The van der Waals surface area contributed by atoms with Crippen molar-refractivity contribution in [3.63, 3.8) is 0 Å². The summed E-state index contributed by atoms with van der Waals surface area (Å²) in [5.74, 6) is -1.60. The molecule has 2 aliphatic heterocycles. The Balaban J connectivity index is 1.49. The average molecular weight is 697 g/mol. The van der Waals surface area contributed by atoms with E-state index in [9.17, 15) is 27.2 Å². The second-order valence-corrected chi connectivity index (χ2v) is 14.3. The number of carbonyl (C=O) groups is 2. The number of benzene rings is 3. The van der Waals surface area contributed by atoms with Gasteiger partial charge in [-0.25, -0.2) is 4.39 Å². The van der Waals surface area contributed by atoms with Gasteiger partial charge in [0.2, 0.25) is 5.91 Å². The summed E-state index contributed by atoms with van der Waals surface area (Å²) in [6, 6.07) is 18.8. The number of alkyl halides is 3. The number of halogens is 6. The van der Waals surface area contributed by atoms with Gasteiger partial charge in [-0.1, -0.05) is 65.7 Å². The summed E-state index contributed by atoms with van der Waals surface area (Å²) in [6.07, 6.45) is -4.31. The van der Waals surface area contributed by atoms with Gasteiger partial charge in [0.1, 0.15) is 12.2 Å². The van der Waals surface area contributed by atoms with Crippen LogP contribution in [0.15, 0.2) is 66.7 Å². The Morgan fingerprint density at radius 3 is 2.30 bits per heavy atom. The first kappa shape index (κ1) is 34.5. The molecule has 0 aliphatic carbocycles. The minimum absolute atomic E-state index is 0.0374. The van der Waals surface area contributed by atoms with Gasteiger partial charge >= 0.3 is 6.18 Å². The molecule has 0 N–H and O–H groups in total. The predicted molar refractivity (Wildman–Crippen MR) is 175 cm³/mol. The first-order valence-electron chi connectivity index (χ1n) is 15.0. The summed E-state index contributed by atoms with van der Waals surface area (Å²) in [4.78, 5) is 31.4. The van der Waals surface area contributed by atoms with Crippen LogP contribution in [-0.4, -0.2) is 73.0 Å². The second-order valence-electron chi connectivity index (χ2n) is 12.1. The van der Waals surface area contributed by atoms with Crippen molar-refractivity contribution in [3.8, 4) is 0 Å². The Kier molecular flexibility index (Phi) is 10.3. The normalized spacial score (nSPS) is 17.4. The van der Waals surface area contributed by atoms with E-state index in [0.717, 1.165) is 36.6 Å². The fourth-order valence-corrected chi connectivity index (χ4v) is 8.45. The molecule has 3 aromatic rings. The van der Waals surface area contributed by atoms with Crippen LogP contribution in [0.3, 0.4) is 0 Å². The summed E-state index contributed by atoms with van der Waals surface area (Å²) in [7, 11) is 2.76. The van der Waals surface area contributed by atoms with Crippen LogP contribution in [0.2, 0.25) is 10.0 Å². The Morgan fingerprint density at radius 1 is 0.957 bits per heavy atom. The van der Waals surface area contributed by atoms with Crippen molar-refractivity contribution in [2.24, 2.45) is 0 Å². The van der Waals surface area contributed by atoms with Crippen molar-refractivity contribution < 1.29 is 27.2 Å². The zero-order valence-corrected chi connectivity index (χ0v) is 27.9. The zero-order valence-electron chi connectivity index (χ0n) is 25.5. The zero-order chi connectivity index (χ0) is 33.3. The summed E-state index contributed by atoms with van der Waals surface area (Å²) in [5.41, 5.74) is 1.61. The second kappa shape index (κ2) is 13.7. The van der Waals surface area contributed by atoms with Crippen molar-refractivity contribution in [3.05, 3.63) is 105 Å². The van der Waals surface area contributed by atoms with Crippen LogP contribution >= 0.6 is 35.0 Å². The van der Waals surface area contributed by atoms with E-state index in [1.54, 1.807) is 18.2 Å². The van der Waals surface area contributed by atoms with Crippen molar-refractivity contribution in [1.82, 2.24) is 14.7 Å². The van der Waals surface area contributed by atoms with Crippen LogP contribution in [0.1, 0.15) is 52.7 Å². The van der Waals surface area contributed by atoms with Crippen LogP contribution in [0, 0.1) is 5.82 Å². The predicted octanol–water partition coefficient (Wildman–Crippen LogP) is 8.14. The van der Waals surface area contributed by atoms with Crippen LogP contribution < -0.4 is 0 Å². The number of thioether (sulfide) groups is 1. The molecular formula is C34H35Cl2F4N3O2S. The Morgan fingerprint density at radius 2 is 1.63 bits per heavy atom. The number of likely N-dealkylation sites (tertiary alicyclic amines) is 1. The van der Waals surface area contributed by atoms with E-state index in [4.69, 9.17) is 23.2 Å². The largest absolute Gasteiger partial charge is 0.397 e. The first-order chi connectivity index (χ1) is 21.7. The number of hydrogen-bond acceptors (Lipinski definition) is 4. The van der Waals surface area contributed by atoms with Crippen molar-refractivity contribution in [2.45, 2.75) is 47.9 Å². The summed E-state index contributed by atoms with van der Waals surface area (Å²) in [5, 5.41) is 0.427. The molecule has 2 amide bonds. The summed E-state index contributed by atoms with van der Waals surface area (Å²) >= 11 is 14.7. The molecule has 2 aliphatic rings. The van der Waals surface area contributed by atoms with Crippen LogP contribution in [0.4, 0.5) is 17.6 Å². The monoisotopic (exact) mass is 695 g/mol. The highest BCUT2D eigenvalue weighted by Crippen LogP contribution is 2.53. The maximum Gasteiger partial charge on any atom is 0.397 e. The van der Waals surface area contributed by atoms with Gasteiger partial charge in [-0.15, -0.1) is 11.8 Å². The fraction of sp³-hybridized carbons (Fsp3) is 0.412. The van der Waals surface area contributed by atoms with E-state index in [1.807, 2.05) is 11.8 Å². The topological polar surface area (TPSA) is 43.9 Å². The number of fused-ring (bicyclic) bond motifs is 2. The molecule has 1 fully saturated rings. The lowest BCUT2D eigenvalue weighted by atomic mass is 9.82. The minimum Gasteiger partial charge on any atom is -0.343 e. The third-order valence-electron chi connectivity index (χ3n) is 9.30. The van der Waals surface area contributed by atoms with E-state index in [0.29, 0.717) is 12.1 Å². The van der Waals surface area contributed by atoms with Gasteiger partial charge in [0, 0.05) is 37.7 Å². The highest BCUT2D eigenvalue weighted by atomic mass is 35.5. The van der Waals surface area contributed by atoms with E-state index in [2.05, 4.69) is 29.2 Å². The number of hydrogen-bond donors (Lipinski definition) is 0. The SMILES string of the molecule is CN(C[C@](CCN1CCC2(CC1)SCc1ccccc12)(c1ccc(Cl)c(Cl)c1)N(C)C(=O)c1ccccc1F)C(=O)CC(F)(F)F. The molecule has 12 heteroatoms. The van der Waals surface area contributed by atoms with Gasteiger partial charge in [0.05, 0.1) is 21.1 Å². The lowest BCUT2D eigenvalue weighted by Gasteiger charge is -2.47. The van der Waals surface area contributed by atoms with E-state index in [1.165, 1.54) is 54.4 Å². The van der Waals surface area contributed by atoms with E-state index in [-0.39, 0.29) is 33.3 Å². The van der Waals surface area contributed by atoms with Gasteiger partial charge in [-0.3, -0.25) is 9.59 Å². The van der Waals surface area contributed by atoms with Gasteiger partial charge in [-0.2, -0.15) is 13.2 Å². The Hall–Kier alpha value is -2.79. The quantitative estimate of drug-likeness (QED) is 0.212. The van der Waals surface area contributed by atoms with Crippen LogP contribution in [0.25, 0.3) is 0 Å².